The van der Waals surface area contributed by atoms with Crippen LogP contribution in [0.5, 0.6) is 0 Å². The zero-order valence-electron chi connectivity index (χ0n) is 26.4. The van der Waals surface area contributed by atoms with E-state index in [1.54, 1.807) is 0 Å². The number of hydrogen-bond donors (Lipinski definition) is 0. The molecule has 0 heterocycles. The Morgan fingerprint density at radius 1 is 0.756 bits per heavy atom. The first kappa shape index (κ1) is 31.3. The summed E-state index contributed by atoms with van der Waals surface area (Å²) in [6.45, 7) is 21.0. The van der Waals surface area contributed by atoms with E-state index in [1.165, 1.54) is 55.7 Å². The molecule has 0 radical (unpaired) electrons. The van der Waals surface area contributed by atoms with E-state index in [0.29, 0.717) is 17.8 Å². The van der Waals surface area contributed by atoms with Gasteiger partial charge in [-0.15, -0.1) is 0 Å². The topological polar surface area (TPSA) is 0 Å². The van der Waals surface area contributed by atoms with Gasteiger partial charge in [0.1, 0.15) is 0 Å². The van der Waals surface area contributed by atoms with Crippen molar-refractivity contribution in [3.63, 3.8) is 0 Å². The molecule has 0 spiro atoms. The molecule has 0 aromatic heterocycles. The van der Waals surface area contributed by atoms with Crippen molar-refractivity contribution in [1.82, 2.24) is 0 Å². The Bertz CT molecular complexity index is 1530. The average Bonchev–Trinajstić information content (AvgIpc) is 3.51. The average molecular weight is 682 g/mol. The van der Waals surface area contributed by atoms with Gasteiger partial charge in [0.2, 0.25) is 0 Å². The van der Waals surface area contributed by atoms with Gasteiger partial charge < -0.3 is 0 Å². The summed E-state index contributed by atoms with van der Waals surface area (Å²) in [6.07, 6.45) is 6.05. The van der Waals surface area contributed by atoms with Gasteiger partial charge in [0.25, 0.3) is 0 Å². The Morgan fingerprint density at radius 3 is 1.93 bits per heavy atom. The Balaban J connectivity index is 1.72. The summed E-state index contributed by atoms with van der Waals surface area (Å²) >= 11 is -4.69. The van der Waals surface area contributed by atoms with Crippen LogP contribution in [-0.4, -0.2) is 5.92 Å². The Hall–Kier alpha value is -1.18. The molecule has 0 fully saturated rings. The van der Waals surface area contributed by atoms with E-state index in [2.05, 4.69) is 134 Å². The van der Waals surface area contributed by atoms with Crippen LogP contribution in [0.1, 0.15) is 107 Å². The quantitative estimate of drug-likeness (QED) is 0.208. The van der Waals surface area contributed by atoms with Crippen LogP contribution in [-0.2, 0) is 15.6 Å². The van der Waals surface area contributed by atoms with Crippen LogP contribution in [0.25, 0.3) is 23.3 Å². The van der Waals surface area contributed by atoms with Crippen molar-refractivity contribution >= 4 is 35.1 Å². The molecule has 0 bridgehead atoms. The van der Waals surface area contributed by atoms with Gasteiger partial charge in [-0.3, -0.25) is 0 Å². The van der Waals surface area contributed by atoms with Crippen LogP contribution in [0.4, 0.5) is 0 Å². The predicted octanol–water partition coefficient (Wildman–Crippen LogP) is 12.2. The van der Waals surface area contributed by atoms with E-state index in [9.17, 15) is 0 Å². The maximum absolute atomic E-state index is 8.51. The monoisotopic (exact) mass is 679 g/mol. The Kier molecular flexibility index (Phi) is 8.68. The van der Waals surface area contributed by atoms with Gasteiger partial charge in [-0.1, -0.05) is 0 Å². The fourth-order valence-corrected chi connectivity index (χ4v) is 39.8. The van der Waals surface area contributed by atoms with E-state index in [0.717, 1.165) is 6.42 Å². The molecule has 3 aromatic rings. The standard InChI is InChI=1S/C19H19.C16H21.C2H7Si.2ClH.Zr/c1-13(2)15-7-9-16(10-8-15)18-6-4-5-17-11-14(3)12-19(17)18;1-5-12(4)15-8-6-7-13-9-14(11(2)3)10-16(13)15;1-3-2;;;/h4-13H,1-3H3;6-12H,5H2,1-4H3;3H,1-2H3;2*1H;/q;;;;;+2/p-2. The normalized spacial score (nSPS) is 20.1. The molecule has 2 aliphatic rings. The van der Waals surface area contributed by atoms with Gasteiger partial charge >= 0.3 is 260 Å². The predicted molar refractivity (Wildman–Crippen MR) is 184 cm³/mol. The van der Waals surface area contributed by atoms with Gasteiger partial charge in [0.15, 0.2) is 0 Å². The molecule has 0 amide bonds. The van der Waals surface area contributed by atoms with Crippen LogP contribution >= 0.6 is 17.0 Å². The summed E-state index contributed by atoms with van der Waals surface area (Å²) < 4.78 is 0.278. The minimum atomic E-state index is -4.69. The Morgan fingerprint density at radius 2 is 1.37 bits per heavy atom. The molecule has 3 atom stereocenters. The third kappa shape index (κ3) is 4.98. The van der Waals surface area contributed by atoms with Crippen LogP contribution in [0.15, 0.2) is 71.8 Å². The minimum absolute atomic E-state index is 0.127. The number of halogens is 2. The third-order valence-corrected chi connectivity index (χ3v) is 62.3. The first-order valence-corrected chi connectivity index (χ1v) is 31.9. The molecule has 2 aliphatic carbocycles. The fourth-order valence-electron chi connectivity index (χ4n) is 7.63. The van der Waals surface area contributed by atoms with Crippen molar-refractivity contribution in [1.29, 1.82) is 0 Å². The first-order chi connectivity index (χ1) is 19.3. The molecule has 3 unspecified atom stereocenters. The van der Waals surface area contributed by atoms with Crippen LogP contribution in [0.3, 0.4) is 0 Å². The van der Waals surface area contributed by atoms with E-state index in [1.807, 2.05) is 0 Å². The maximum atomic E-state index is 8.51. The van der Waals surface area contributed by atoms with E-state index >= 15 is 0 Å². The number of allylic oxidation sites excluding steroid dienone is 2. The summed E-state index contributed by atoms with van der Waals surface area (Å²) in [4.78, 5) is 0. The van der Waals surface area contributed by atoms with Gasteiger partial charge in [-0.05, 0) is 0 Å². The molecular formula is C37H47Cl2SiZr. The first-order valence-electron chi connectivity index (χ1n) is 15.6. The third-order valence-electron chi connectivity index (χ3n) is 10.3. The van der Waals surface area contributed by atoms with E-state index < -0.39 is 21.5 Å². The second-order valence-corrected chi connectivity index (χ2v) is 56.2. The molecule has 4 heteroatoms. The summed E-state index contributed by atoms with van der Waals surface area (Å²) in [7, 11) is 17.0. The number of hydrogen-bond acceptors (Lipinski definition) is 0. The van der Waals surface area contributed by atoms with Crippen molar-refractivity contribution in [2.75, 3.05) is 0 Å². The van der Waals surface area contributed by atoms with Crippen molar-refractivity contribution < 1.29 is 15.6 Å². The van der Waals surface area contributed by atoms with Gasteiger partial charge in [0.05, 0.1) is 0 Å². The van der Waals surface area contributed by atoms with Gasteiger partial charge in [-0.2, -0.15) is 0 Å². The van der Waals surface area contributed by atoms with E-state index in [-0.39, 0.29) is 7.25 Å². The van der Waals surface area contributed by atoms with Gasteiger partial charge in [0, 0.05) is 0 Å². The second-order valence-electron chi connectivity index (χ2n) is 13.7. The number of rotatable bonds is 8. The summed E-state index contributed by atoms with van der Waals surface area (Å²) in [5.41, 5.74) is 13.7. The molecular weight excluding hydrogens is 635 g/mol. The molecule has 0 aliphatic heterocycles. The van der Waals surface area contributed by atoms with E-state index in [4.69, 9.17) is 17.0 Å². The zero-order chi connectivity index (χ0) is 29.9. The van der Waals surface area contributed by atoms with Crippen molar-refractivity contribution in [2.24, 2.45) is 5.92 Å². The SMILES string of the molecule is CCC(C)c1cccc2c1C=C(C(C)C)[CH]2[Zr]([Cl])([Cl])([CH]1C(C)=Cc2c(-c3ccc(C(C)C)cc3)cccc21)[SiH](C)C. The molecule has 0 nitrogen and oxygen atoms in total. The summed E-state index contributed by atoms with van der Waals surface area (Å²) in [5, 5.41) is 0. The van der Waals surface area contributed by atoms with Crippen molar-refractivity contribution in [3.8, 4) is 11.1 Å². The molecule has 217 valence electrons. The van der Waals surface area contributed by atoms with Crippen LogP contribution < -0.4 is 0 Å². The molecule has 5 rings (SSSR count). The summed E-state index contributed by atoms with van der Waals surface area (Å²) in [6, 6.07) is 22.9. The molecule has 0 N–H and O–H groups in total. The van der Waals surface area contributed by atoms with Crippen LogP contribution in [0, 0.1) is 5.92 Å². The van der Waals surface area contributed by atoms with Gasteiger partial charge in [-0.25, -0.2) is 0 Å². The summed E-state index contributed by atoms with van der Waals surface area (Å²) in [5.74, 6) is -0.129. The molecule has 41 heavy (non-hydrogen) atoms. The Labute approximate surface area is 258 Å². The zero-order valence-corrected chi connectivity index (χ0v) is 31.5. The van der Waals surface area contributed by atoms with Crippen molar-refractivity contribution in [3.05, 3.63) is 105 Å². The number of benzene rings is 3. The molecule has 3 aromatic carbocycles. The second kappa shape index (κ2) is 11.4. The molecule has 0 saturated carbocycles. The molecule has 0 saturated heterocycles. The number of fused-ring (bicyclic) bond motifs is 2. The van der Waals surface area contributed by atoms with Crippen LogP contribution in [0.2, 0.25) is 13.1 Å². The van der Waals surface area contributed by atoms with Crippen molar-refractivity contribution in [2.45, 2.75) is 87.1 Å². The fraction of sp³-hybridized carbons (Fsp3) is 0.405.